The summed E-state index contributed by atoms with van der Waals surface area (Å²) in [7, 11) is 0. The second kappa shape index (κ2) is 3.15. The molecule has 2 N–H and O–H groups in total. The highest BCUT2D eigenvalue weighted by molar-refractivity contribution is 4.70. The minimum Gasteiger partial charge on any atom is -0.394 e. The first kappa shape index (κ1) is 6.99. The molecule has 3 heteroatoms. The number of rotatable bonds is 1. The topological polar surface area (TPSA) is 41.5 Å². The van der Waals surface area contributed by atoms with Crippen molar-refractivity contribution >= 4 is 0 Å². The molecule has 0 aromatic rings. The van der Waals surface area contributed by atoms with E-state index >= 15 is 0 Å². The Kier molecular flexibility index (Phi) is 2.45. The quantitative estimate of drug-likeness (QED) is 0.497. The molecular weight excluding hydrogens is 118 g/mol. The maximum absolute atomic E-state index is 8.64. The van der Waals surface area contributed by atoms with Crippen molar-refractivity contribution in [3.05, 3.63) is 0 Å². The van der Waals surface area contributed by atoms with Crippen LogP contribution in [0.1, 0.15) is 6.92 Å². The molecule has 9 heavy (non-hydrogen) atoms. The van der Waals surface area contributed by atoms with Gasteiger partial charge in [0.2, 0.25) is 0 Å². The highest BCUT2D eigenvalue weighted by Crippen LogP contribution is 2.00. The molecule has 0 bridgehead atoms. The summed E-state index contributed by atoms with van der Waals surface area (Å²) in [5.74, 6) is 0. The van der Waals surface area contributed by atoms with Crippen LogP contribution in [0.5, 0.6) is 0 Å². The van der Waals surface area contributed by atoms with Gasteiger partial charge >= 0.3 is 0 Å². The Morgan fingerprint density at radius 1 is 1.67 bits per heavy atom. The number of aliphatic hydroxyl groups is 1. The highest BCUT2D eigenvalue weighted by Gasteiger charge is 2.16. The fraction of sp³-hybridized carbons (Fsp3) is 1.00. The zero-order valence-corrected chi connectivity index (χ0v) is 5.63. The number of ether oxygens (including phenoxy) is 1. The Balaban J connectivity index is 2.23. The van der Waals surface area contributed by atoms with Gasteiger partial charge in [0.05, 0.1) is 18.8 Å². The van der Waals surface area contributed by atoms with Gasteiger partial charge in [-0.05, 0) is 6.92 Å². The largest absolute Gasteiger partial charge is 0.394 e. The first-order valence-corrected chi connectivity index (χ1v) is 3.30. The molecule has 54 valence electrons. The third-order valence-electron chi connectivity index (χ3n) is 1.43. The summed E-state index contributed by atoms with van der Waals surface area (Å²) in [4.78, 5) is 0. The minimum absolute atomic E-state index is 0.00810. The fourth-order valence-electron chi connectivity index (χ4n) is 0.980. The molecule has 2 atom stereocenters. The van der Waals surface area contributed by atoms with E-state index < -0.39 is 0 Å². The van der Waals surface area contributed by atoms with Crippen LogP contribution in [0.2, 0.25) is 0 Å². The Morgan fingerprint density at radius 3 is 2.89 bits per heavy atom. The molecule has 0 unspecified atom stereocenters. The van der Waals surface area contributed by atoms with Gasteiger partial charge in [-0.3, -0.25) is 0 Å². The first-order chi connectivity index (χ1) is 4.33. The Hall–Kier alpha value is -0.120. The number of nitrogens with one attached hydrogen (secondary N) is 1. The zero-order chi connectivity index (χ0) is 6.69. The van der Waals surface area contributed by atoms with E-state index in [4.69, 9.17) is 9.84 Å². The van der Waals surface area contributed by atoms with E-state index in [1.54, 1.807) is 0 Å². The fourth-order valence-corrected chi connectivity index (χ4v) is 0.980. The van der Waals surface area contributed by atoms with E-state index in [9.17, 15) is 0 Å². The molecule has 0 aliphatic carbocycles. The molecule has 1 saturated heterocycles. The zero-order valence-electron chi connectivity index (χ0n) is 5.63. The molecule has 3 nitrogen and oxygen atoms in total. The average molecular weight is 131 g/mol. The normalized spacial score (nSPS) is 36.7. The molecule has 0 amide bonds. The number of aliphatic hydroxyl groups excluding tert-OH is 1. The first-order valence-electron chi connectivity index (χ1n) is 3.30. The van der Waals surface area contributed by atoms with Gasteiger partial charge in [-0.25, -0.2) is 0 Å². The molecular formula is C6H13NO2. The van der Waals surface area contributed by atoms with Crippen LogP contribution in [0.3, 0.4) is 0 Å². The van der Waals surface area contributed by atoms with Crippen molar-refractivity contribution in [3.8, 4) is 0 Å². The van der Waals surface area contributed by atoms with Gasteiger partial charge < -0.3 is 15.2 Å². The molecule has 0 aromatic carbocycles. The van der Waals surface area contributed by atoms with E-state index in [0.717, 1.165) is 13.1 Å². The van der Waals surface area contributed by atoms with E-state index in [1.807, 2.05) is 6.92 Å². The van der Waals surface area contributed by atoms with E-state index in [2.05, 4.69) is 5.32 Å². The predicted molar refractivity (Wildman–Crippen MR) is 34.3 cm³/mol. The van der Waals surface area contributed by atoms with Crippen LogP contribution >= 0.6 is 0 Å². The molecule has 1 rings (SSSR count). The number of hydrogen-bond donors (Lipinski definition) is 2. The maximum atomic E-state index is 8.64. The van der Waals surface area contributed by atoms with Gasteiger partial charge in [0.15, 0.2) is 0 Å². The summed E-state index contributed by atoms with van der Waals surface area (Å²) in [6, 6.07) is 0. The van der Waals surface area contributed by atoms with Gasteiger partial charge in [0.1, 0.15) is 0 Å². The van der Waals surface area contributed by atoms with Crippen molar-refractivity contribution in [1.82, 2.24) is 5.32 Å². The second-order valence-electron chi connectivity index (χ2n) is 2.41. The summed E-state index contributed by atoms with van der Waals surface area (Å²) in [5, 5.41) is 11.8. The van der Waals surface area contributed by atoms with Crippen LogP contribution in [0.15, 0.2) is 0 Å². The van der Waals surface area contributed by atoms with Crippen molar-refractivity contribution in [2.75, 3.05) is 19.7 Å². The van der Waals surface area contributed by atoms with Crippen LogP contribution < -0.4 is 5.32 Å². The van der Waals surface area contributed by atoms with Crippen LogP contribution in [-0.4, -0.2) is 37.0 Å². The van der Waals surface area contributed by atoms with Gasteiger partial charge in [0, 0.05) is 13.1 Å². The van der Waals surface area contributed by atoms with E-state index in [-0.39, 0.29) is 18.8 Å². The predicted octanol–water partition coefficient (Wildman–Crippen LogP) is -0.644. The minimum atomic E-state index is 0.00810. The van der Waals surface area contributed by atoms with Gasteiger partial charge in [-0.1, -0.05) is 0 Å². The molecule has 0 radical (unpaired) electrons. The van der Waals surface area contributed by atoms with Gasteiger partial charge in [0.25, 0.3) is 0 Å². The van der Waals surface area contributed by atoms with Crippen LogP contribution in [0.25, 0.3) is 0 Å². The summed E-state index contributed by atoms with van der Waals surface area (Å²) >= 11 is 0. The Bertz CT molecular complexity index is 87.1. The van der Waals surface area contributed by atoms with Crippen molar-refractivity contribution in [2.45, 2.75) is 19.1 Å². The maximum Gasteiger partial charge on any atom is 0.0933 e. The molecule has 1 fully saturated rings. The van der Waals surface area contributed by atoms with E-state index in [1.165, 1.54) is 0 Å². The summed E-state index contributed by atoms with van der Waals surface area (Å²) in [6.07, 6.45) is 0.254. The standard InChI is InChI=1S/C6H13NO2/c1-5-2-7-3-6(4-8)9-5/h5-8H,2-4H2,1H3/t5-,6+/m0/s1. The number of morpholine rings is 1. The van der Waals surface area contributed by atoms with Crippen molar-refractivity contribution < 1.29 is 9.84 Å². The Morgan fingerprint density at radius 2 is 2.44 bits per heavy atom. The summed E-state index contributed by atoms with van der Waals surface area (Å²) in [5.41, 5.74) is 0. The molecule has 0 saturated carbocycles. The summed E-state index contributed by atoms with van der Waals surface area (Å²) in [6.45, 7) is 3.80. The third kappa shape index (κ3) is 1.93. The van der Waals surface area contributed by atoms with Gasteiger partial charge in [-0.2, -0.15) is 0 Å². The van der Waals surface area contributed by atoms with Crippen molar-refractivity contribution in [1.29, 1.82) is 0 Å². The number of hydrogen-bond acceptors (Lipinski definition) is 3. The molecule has 1 heterocycles. The van der Waals surface area contributed by atoms with Gasteiger partial charge in [-0.15, -0.1) is 0 Å². The average Bonchev–Trinajstić information content (AvgIpc) is 1.88. The lowest BCUT2D eigenvalue weighted by Gasteiger charge is -2.27. The lowest BCUT2D eigenvalue weighted by Crippen LogP contribution is -2.44. The smallest absolute Gasteiger partial charge is 0.0933 e. The lowest BCUT2D eigenvalue weighted by atomic mass is 10.3. The molecule has 1 aliphatic heterocycles. The van der Waals surface area contributed by atoms with Crippen molar-refractivity contribution in [3.63, 3.8) is 0 Å². The van der Waals surface area contributed by atoms with E-state index in [0.29, 0.717) is 0 Å². The second-order valence-corrected chi connectivity index (χ2v) is 2.41. The summed E-state index contributed by atoms with van der Waals surface area (Å²) < 4.78 is 5.32. The molecule has 0 aromatic heterocycles. The molecule has 1 aliphatic rings. The van der Waals surface area contributed by atoms with Crippen molar-refractivity contribution in [2.24, 2.45) is 0 Å². The SMILES string of the molecule is C[C@H]1CNC[C@H](CO)O1. The highest BCUT2D eigenvalue weighted by atomic mass is 16.5. The third-order valence-corrected chi connectivity index (χ3v) is 1.43. The Labute approximate surface area is 55.0 Å². The van der Waals surface area contributed by atoms with Crippen LogP contribution in [0.4, 0.5) is 0 Å². The lowest BCUT2D eigenvalue weighted by molar-refractivity contribution is -0.0518. The van der Waals surface area contributed by atoms with Crippen LogP contribution in [-0.2, 0) is 4.74 Å². The van der Waals surface area contributed by atoms with Crippen LogP contribution in [0, 0.1) is 0 Å². The molecule has 0 spiro atoms. The monoisotopic (exact) mass is 131 g/mol.